The molecule has 1 spiro atoms. The molecular formula is C31H31BrN2O6. The number of hydrogen-bond donors (Lipinski definition) is 2. The van der Waals surface area contributed by atoms with Crippen LogP contribution in [0.2, 0.25) is 0 Å². The minimum absolute atomic E-state index is 0.172. The second kappa shape index (κ2) is 10.6. The van der Waals surface area contributed by atoms with Crippen LogP contribution in [0, 0.1) is 11.8 Å². The molecule has 40 heavy (non-hydrogen) atoms. The fourth-order valence-corrected chi connectivity index (χ4v) is 7.83. The summed E-state index contributed by atoms with van der Waals surface area (Å²) in [6.07, 6.45) is 0.129. The summed E-state index contributed by atoms with van der Waals surface area (Å²) >= 11 is 3.66. The van der Waals surface area contributed by atoms with E-state index in [0.29, 0.717) is 18.5 Å². The maximum absolute atomic E-state index is 14.3. The van der Waals surface area contributed by atoms with Gasteiger partial charge >= 0.3 is 5.97 Å². The lowest BCUT2D eigenvalue weighted by molar-refractivity contribution is -0.155. The highest BCUT2D eigenvalue weighted by Crippen LogP contribution is 2.60. The smallest absolute Gasteiger partial charge is 0.312 e. The molecule has 8 nitrogen and oxygen atoms in total. The van der Waals surface area contributed by atoms with Gasteiger partial charge in [0, 0.05) is 10.5 Å². The third-order valence-corrected chi connectivity index (χ3v) is 9.31. The van der Waals surface area contributed by atoms with Crippen molar-refractivity contribution < 1.29 is 29.0 Å². The Morgan fingerprint density at radius 3 is 2.58 bits per heavy atom. The molecule has 208 valence electrons. The largest absolute Gasteiger partial charge is 0.466 e. The van der Waals surface area contributed by atoms with E-state index in [1.165, 1.54) is 4.90 Å². The summed E-state index contributed by atoms with van der Waals surface area (Å²) < 4.78 is 11.9. The number of aliphatic hydroxyl groups excluding tert-OH is 1. The number of nitrogens with one attached hydrogen (secondary N) is 1. The number of ether oxygens (including phenoxy) is 2. The fraction of sp³-hybridized carbons (Fsp3) is 0.387. The molecule has 6 rings (SSSR count). The second-order valence-corrected chi connectivity index (χ2v) is 11.9. The summed E-state index contributed by atoms with van der Waals surface area (Å²) in [5.41, 5.74) is 0.269. The van der Waals surface area contributed by atoms with Crippen LogP contribution in [0.15, 0.2) is 72.8 Å². The lowest BCUT2D eigenvalue weighted by Gasteiger charge is -2.37. The molecule has 1 unspecified atom stereocenters. The van der Waals surface area contributed by atoms with Gasteiger partial charge in [0.2, 0.25) is 11.8 Å². The average molecular weight is 608 g/mol. The Kier molecular flexibility index (Phi) is 7.14. The number of carbonyl (C=O) groups excluding carboxylic acids is 3. The van der Waals surface area contributed by atoms with E-state index >= 15 is 0 Å². The van der Waals surface area contributed by atoms with Crippen molar-refractivity contribution in [2.45, 2.75) is 48.4 Å². The second-order valence-electron chi connectivity index (χ2n) is 10.7. The number of halogens is 1. The van der Waals surface area contributed by atoms with Crippen LogP contribution in [0.25, 0.3) is 10.8 Å². The molecule has 3 aromatic carbocycles. The topological polar surface area (TPSA) is 105 Å². The van der Waals surface area contributed by atoms with Gasteiger partial charge < -0.3 is 24.8 Å². The Bertz CT molecular complexity index is 1450. The molecule has 3 aliphatic rings. The highest BCUT2D eigenvalue weighted by molar-refractivity contribution is 9.09. The highest BCUT2D eigenvalue weighted by Gasteiger charge is 2.77. The number of carbonyl (C=O) groups is 3. The Morgan fingerprint density at radius 1 is 1.12 bits per heavy atom. The summed E-state index contributed by atoms with van der Waals surface area (Å²) in [5, 5.41) is 15.6. The molecule has 9 heteroatoms. The van der Waals surface area contributed by atoms with Crippen LogP contribution in [0.4, 0.5) is 5.69 Å². The molecule has 0 aromatic heterocycles. The van der Waals surface area contributed by atoms with Gasteiger partial charge in [0.1, 0.15) is 11.6 Å². The van der Waals surface area contributed by atoms with E-state index < -0.39 is 47.5 Å². The number of anilines is 1. The van der Waals surface area contributed by atoms with Gasteiger partial charge in [-0.1, -0.05) is 76.6 Å². The van der Waals surface area contributed by atoms with Crippen molar-refractivity contribution in [1.29, 1.82) is 0 Å². The highest BCUT2D eigenvalue weighted by atomic mass is 79.9. The normalized spacial score (nSPS) is 29.4. The van der Waals surface area contributed by atoms with Gasteiger partial charge in [0.05, 0.1) is 37.2 Å². The summed E-state index contributed by atoms with van der Waals surface area (Å²) in [6, 6.07) is 21.3. The van der Waals surface area contributed by atoms with E-state index in [-0.39, 0.29) is 23.9 Å². The van der Waals surface area contributed by atoms with Crippen molar-refractivity contribution >= 4 is 50.2 Å². The first kappa shape index (κ1) is 26.9. The number of benzene rings is 3. The van der Waals surface area contributed by atoms with Crippen LogP contribution in [-0.4, -0.2) is 69.6 Å². The van der Waals surface area contributed by atoms with Crippen LogP contribution < -0.4 is 5.32 Å². The molecule has 0 saturated carbocycles. The predicted octanol–water partition coefficient (Wildman–Crippen LogP) is 3.69. The van der Waals surface area contributed by atoms with Gasteiger partial charge in [0.25, 0.3) is 0 Å². The number of amides is 2. The zero-order chi connectivity index (χ0) is 28.0. The molecule has 3 heterocycles. The summed E-state index contributed by atoms with van der Waals surface area (Å²) in [7, 11) is 0. The summed E-state index contributed by atoms with van der Waals surface area (Å²) in [4.78, 5) is 42.9. The quantitative estimate of drug-likeness (QED) is 0.299. The van der Waals surface area contributed by atoms with Gasteiger partial charge in [-0.25, -0.2) is 0 Å². The van der Waals surface area contributed by atoms with Crippen molar-refractivity contribution in [3.63, 3.8) is 0 Å². The number of esters is 1. The molecule has 0 radical (unpaired) electrons. The first-order valence-electron chi connectivity index (χ1n) is 13.6. The maximum atomic E-state index is 14.3. The molecule has 3 aromatic rings. The molecule has 3 fully saturated rings. The molecule has 2 bridgehead atoms. The van der Waals surface area contributed by atoms with E-state index in [0.717, 1.165) is 16.3 Å². The lowest BCUT2D eigenvalue weighted by atomic mass is 9.70. The van der Waals surface area contributed by atoms with Gasteiger partial charge in [-0.3, -0.25) is 14.4 Å². The number of fused-ring (bicyclic) bond motifs is 2. The minimum Gasteiger partial charge on any atom is -0.466 e. The first-order valence-corrected chi connectivity index (χ1v) is 14.5. The Hall–Kier alpha value is -3.27. The van der Waals surface area contributed by atoms with E-state index in [1.54, 1.807) is 6.92 Å². The van der Waals surface area contributed by atoms with Gasteiger partial charge in [-0.05, 0) is 48.2 Å². The molecule has 0 aliphatic carbocycles. The van der Waals surface area contributed by atoms with Gasteiger partial charge in [-0.15, -0.1) is 0 Å². The van der Waals surface area contributed by atoms with E-state index in [2.05, 4.69) is 21.2 Å². The van der Waals surface area contributed by atoms with Crippen LogP contribution in [0.3, 0.4) is 0 Å². The van der Waals surface area contributed by atoms with Crippen LogP contribution in [-0.2, 0) is 30.3 Å². The molecule has 3 aliphatic heterocycles. The van der Waals surface area contributed by atoms with Crippen molar-refractivity contribution in [2.24, 2.45) is 11.8 Å². The van der Waals surface area contributed by atoms with Crippen molar-refractivity contribution in [3.8, 4) is 0 Å². The molecule has 2 N–H and O–H groups in total. The van der Waals surface area contributed by atoms with Crippen molar-refractivity contribution in [2.75, 3.05) is 18.5 Å². The van der Waals surface area contributed by atoms with Gasteiger partial charge in [0.15, 0.2) is 0 Å². The molecular weight excluding hydrogens is 576 g/mol. The fourth-order valence-electron chi connectivity index (χ4n) is 6.88. The Balaban J connectivity index is 1.40. The number of hydrogen-bond acceptors (Lipinski definition) is 6. The number of aliphatic hydroxyl groups is 1. The van der Waals surface area contributed by atoms with Crippen molar-refractivity contribution in [1.82, 2.24) is 4.90 Å². The summed E-state index contributed by atoms with van der Waals surface area (Å²) in [5.74, 6) is -3.02. The zero-order valence-corrected chi connectivity index (χ0v) is 23.6. The predicted molar refractivity (Wildman–Crippen MR) is 153 cm³/mol. The van der Waals surface area contributed by atoms with Crippen molar-refractivity contribution in [3.05, 3.63) is 78.4 Å². The summed E-state index contributed by atoms with van der Waals surface area (Å²) in [6.45, 7) is 1.54. The first-order chi connectivity index (χ1) is 19.4. The zero-order valence-electron chi connectivity index (χ0n) is 22.0. The number of alkyl halides is 1. The SMILES string of the molecule is CCOC(=O)[C@@H]1[C@H]2O[C@@]3(CC2Br)[C@H](C(=O)Nc2ccc4ccccc4c2)N([C@@H](CO)Cc2ccccc2)C(=O)[C@@H]13. The van der Waals surface area contributed by atoms with Gasteiger partial charge in [-0.2, -0.15) is 0 Å². The molecule has 3 saturated heterocycles. The van der Waals surface area contributed by atoms with Crippen LogP contribution >= 0.6 is 15.9 Å². The Morgan fingerprint density at radius 2 is 1.85 bits per heavy atom. The van der Waals surface area contributed by atoms with Crippen LogP contribution in [0.5, 0.6) is 0 Å². The third-order valence-electron chi connectivity index (χ3n) is 8.47. The molecule has 7 atom stereocenters. The van der Waals surface area contributed by atoms with E-state index in [9.17, 15) is 19.5 Å². The number of likely N-dealkylation sites (tertiary alicyclic amines) is 1. The van der Waals surface area contributed by atoms with E-state index in [1.807, 2.05) is 72.8 Å². The monoisotopic (exact) mass is 606 g/mol. The maximum Gasteiger partial charge on any atom is 0.312 e. The third kappa shape index (κ3) is 4.31. The number of nitrogens with zero attached hydrogens (tertiary/aromatic N) is 1. The lowest BCUT2D eigenvalue weighted by Crippen LogP contribution is -2.57. The molecule has 2 amide bonds. The average Bonchev–Trinajstić information content (AvgIpc) is 3.55. The van der Waals surface area contributed by atoms with E-state index in [4.69, 9.17) is 9.47 Å². The minimum atomic E-state index is -1.24. The van der Waals surface area contributed by atoms with Crippen LogP contribution in [0.1, 0.15) is 18.9 Å². The standard InChI is InChI=1S/C31H31BrN2O6/c1-2-39-30(38)24-25-29(37)34(22(17-35)14-18-8-4-3-5-9-18)27(31(25)16-23(32)26(24)40-31)28(36)33-21-13-12-19-10-6-7-11-20(19)15-21/h3-13,15,22-27,35H,2,14,16-17H2,1H3,(H,33,36)/t22-,23?,24+,25-,26+,27+,31-/m1/s1. The Labute approximate surface area is 240 Å². The number of rotatable bonds is 8.